The number of aromatic nitrogens is 2. The number of hydrogen-bond donors (Lipinski definition) is 2. The summed E-state index contributed by atoms with van der Waals surface area (Å²) < 4.78 is 11.1. The summed E-state index contributed by atoms with van der Waals surface area (Å²) in [6.45, 7) is 4.74. The van der Waals surface area contributed by atoms with Gasteiger partial charge in [0.2, 0.25) is 5.88 Å². The van der Waals surface area contributed by atoms with Crippen molar-refractivity contribution in [1.82, 2.24) is 15.5 Å². The molecule has 1 aromatic carbocycles. The topological polar surface area (TPSA) is 76.5 Å². The SMILES string of the molecule is CC(C)(COc1ccc(Cl)nn1)NC[C@@H](O)COc1ccccc1Cl. The molecule has 0 saturated carbocycles. The normalized spacial score (nSPS) is 12.7. The first-order chi connectivity index (χ1) is 11.9. The van der Waals surface area contributed by atoms with E-state index in [4.69, 9.17) is 32.7 Å². The van der Waals surface area contributed by atoms with Crippen molar-refractivity contribution < 1.29 is 14.6 Å². The van der Waals surface area contributed by atoms with Gasteiger partial charge in [-0.1, -0.05) is 35.3 Å². The third kappa shape index (κ3) is 7.04. The largest absolute Gasteiger partial charge is 0.489 e. The molecule has 2 N–H and O–H groups in total. The van der Waals surface area contributed by atoms with Crippen molar-refractivity contribution in [3.63, 3.8) is 0 Å². The van der Waals surface area contributed by atoms with Crippen LogP contribution in [0.3, 0.4) is 0 Å². The second kappa shape index (κ2) is 9.20. The highest BCUT2D eigenvalue weighted by Gasteiger charge is 2.20. The molecule has 0 bridgehead atoms. The monoisotopic (exact) mass is 385 g/mol. The van der Waals surface area contributed by atoms with Gasteiger partial charge < -0.3 is 19.9 Å². The Morgan fingerprint density at radius 3 is 2.56 bits per heavy atom. The van der Waals surface area contributed by atoms with Gasteiger partial charge in [-0.05, 0) is 32.0 Å². The molecule has 25 heavy (non-hydrogen) atoms. The highest BCUT2D eigenvalue weighted by molar-refractivity contribution is 6.32. The first-order valence-electron chi connectivity index (χ1n) is 7.78. The number of hydrogen-bond acceptors (Lipinski definition) is 6. The molecule has 0 radical (unpaired) electrons. The Hall–Kier alpha value is -1.60. The molecule has 136 valence electrons. The summed E-state index contributed by atoms with van der Waals surface area (Å²) in [6.07, 6.45) is -0.689. The summed E-state index contributed by atoms with van der Waals surface area (Å²) in [7, 11) is 0. The molecule has 0 aliphatic carbocycles. The minimum atomic E-state index is -0.689. The smallest absolute Gasteiger partial charge is 0.233 e. The van der Waals surface area contributed by atoms with Gasteiger partial charge in [0, 0.05) is 18.2 Å². The average molecular weight is 386 g/mol. The first-order valence-corrected chi connectivity index (χ1v) is 8.54. The van der Waals surface area contributed by atoms with Gasteiger partial charge in [0.05, 0.1) is 5.02 Å². The zero-order chi connectivity index (χ0) is 18.3. The quantitative estimate of drug-likeness (QED) is 0.690. The van der Waals surface area contributed by atoms with Gasteiger partial charge in [0.1, 0.15) is 25.1 Å². The maximum Gasteiger partial charge on any atom is 0.233 e. The van der Waals surface area contributed by atoms with E-state index in [1.165, 1.54) is 0 Å². The second-order valence-electron chi connectivity index (χ2n) is 6.14. The number of aliphatic hydroxyl groups excluding tert-OH is 1. The van der Waals surface area contributed by atoms with Crippen molar-refractivity contribution in [2.24, 2.45) is 0 Å². The number of rotatable bonds is 9. The molecular weight excluding hydrogens is 365 g/mol. The minimum Gasteiger partial charge on any atom is -0.489 e. The van der Waals surface area contributed by atoms with Gasteiger partial charge in [0.25, 0.3) is 0 Å². The maximum atomic E-state index is 10.1. The molecule has 0 amide bonds. The highest BCUT2D eigenvalue weighted by atomic mass is 35.5. The second-order valence-corrected chi connectivity index (χ2v) is 6.94. The predicted octanol–water partition coefficient (Wildman–Crippen LogP) is 2.97. The van der Waals surface area contributed by atoms with Crippen LogP contribution in [0.5, 0.6) is 11.6 Å². The van der Waals surface area contributed by atoms with Gasteiger partial charge in [-0.15, -0.1) is 10.2 Å². The third-order valence-corrected chi connectivity index (χ3v) is 3.79. The fraction of sp³-hybridized carbons (Fsp3) is 0.412. The van der Waals surface area contributed by atoms with E-state index in [9.17, 15) is 5.11 Å². The molecule has 6 nitrogen and oxygen atoms in total. The van der Waals surface area contributed by atoms with Crippen LogP contribution in [0, 0.1) is 0 Å². The van der Waals surface area contributed by atoms with E-state index in [1.54, 1.807) is 24.3 Å². The van der Waals surface area contributed by atoms with Crippen LogP contribution in [0.4, 0.5) is 0 Å². The lowest BCUT2D eigenvalue weighted by molar-refractivity contribution is 0.0923. The van der Waals surface area contributed by atoms with E-state index in [0.29, 0.717) is 35.0 Å². The lowest BCUT2D eigenvalue weighted by Crippen LogP contribution is -2.48. The summed E-state index contributed by atoms with van der Waals surface area (Å²) in [5.74, 6) is 0.939. The van der Waals surface area contributed by atoms with Crippen molar-refractivity contribution in [1.29, 1.82) is 0 Å². The molecule has 1 heterocycles. The molecule has 0 saturated heterocycles. The first kappa shape index (κ1) is 19.7. The molecule has 0 spiro atoms. The number of para-hydroxylation sites is 1. The van der Waals surface area contributed by atoms with Gasteiger partial charge in [-0.3, -0.25) is 0 Å². The molecule has 0 aliphatic rings. The average Bonchev–Trinajstić information content (AvgIpc) is 2.59. The Balaban J connectivity index is 1.72. The lowest BCUT2D eigenvalue weighted by Gasteiger charge is -2.27. The van der Waals surface area contributed by atoms with Crippen molar-refractivity contribution in [2.45, 2.75) is 25.5 Å². The van der Waals surface area contributed by atoms with Crippen LogP contribution >= 0.6 is 23.2 Å². The summed E-state index contributed by atoms with van der Waals surface area (Å²) >= 11 is 11.7. The number of ether oxygens (including phenoxy) is 2. The fourth-order valence-electron chi connectivity index (χ4n) is 1.89. The van der Waals surface area contributed by atoms with Crippen LogP contribution in [0.15, 0.2) is 36.4 Å². The summed E-state index contributed by atoms with van der Waals surface area (Å²) in [5.41, 5.74) is -0.382. The number of benzene rings is 1. The Kier molecular flexibility index (Phi) is 7.25. The van der Waals surface area contributed by atoms with Crippen molar-refractivity contribution in [2.75, 3.05) is 19.8 Å². The zero-order valence-corrected chi connectivity index (χ0v) is 15.6. The van der Waals surface area contributed by atoms with Gasteiger partial charge in [-0.2, -0.15) is 0 Å². The Morgan fingerprint density at radius 2 is 1.88 bits per heavy atom. The molecule has 2 rings (SSSR count). The molecule has 0 unspecified atom stereocenters. The van der Waals surface area contributed by atoms with Crippen molar-refractivity contribution in [3.8, 4) is 11.6 Å². The predicted molar refractivity (Wildman–Crippen MR) is 97.6 cm³/mol. The number of nitrogens with zero attached hydrogens (tertiary/aromatic N) is 2. The van der Waals surface area contributed by atoms with Crippen LogP contribution in [-0.4, -0.2) is 46.7 Å². The van der Waals surface area contributed by atoms with E-state index >= 15 is 0 Å². The zero-order valence-electron chi connectivity index (χ0n) is 14.1. The van der Waals surface area contributed by atoms with E-state index in [-0.39, 0.29) is 12.1 Å². The Bertz CT molecular complexity index is 668. The molecule has 1 atom stereocenters. The summed E-state index contributed by atoms with van der Waals surface area (Å²) in [4.78, 5) is 0. The molecule has 1 aromatic heterocycles. The van der Waals surface area contributed by atoms with Crippen molar-refractivity contribution >= 4 is 23.2 Å². The molecule has 0 fully saturated rings. The van der Waals surface area contributed by atoms with Crippen LogP contribution in [0.2, 0.25) is 10.2 Å². The Morgan fingerprint density at radius 1 is 1.12 bits per heavy atom. The third-order valence-electron chi connectivity index (χ3n) is 3.27. The van der Waals surface area contributed by atoms with Crippen molar-refractivity contribution in [3.05, 3.63) is 46.6 Å². The van der Waals surface area contributed by atoms with Crippen LogP contribution in [0.1, 0.15) is 13.8 Å². The number of aliphatic hydroxyl groups is 1. The minimum absolute atomic E-state index is 0.135. The summed E-state index contributed by atoms with van der Waals surface area (Å²) in [5, 5.41) is 21.7. The standard InChI is InChI=1S/C17H21Cl2N3O3/c1-17(2,11-25-16-8-7-15(19)21-22-16)20-9-12(23)10-24-14-6-4-3-5-13(14)18/h3-8,12,20,23H,9-11H2,1-2H3/t12-/m1/s1. The molecule has 0 aliphatic heterocycles. The lowest BCUT2D eigenvalue weighted by atomic mass is 10.1. The summed E-state index contributed by atoms with van der Waals surface area (Å²) in [6, 6.07) is 10.4. The van der Waals surface area contributed by atoms with Crippen LogP contribution in [0.25, 0.3) is 0 Å². The number of halogens is 2. The van der Waals surface area contributed by atoms with E-state index in [2.05, 4.69) is 15.5 Å². The van der Waals surface area contributed by atoms with Gasteiger partial charge >= 0.3 is 0 Å². The number of nitrogens with one attached hydrogen (secondary N) is 1. The Labute approximate surface area is 157 Å². The fourth-order valence-corrected chi connectivity index (χ4v) is 2.18. The van der Waals surface area contributed by atoms with Gasteiger partial charge in [0.15, 0.2) is 5.15 Å². The maximum absolute atomic E-state index is 10.1. The molecule has 2 aromatic rings. The number of β-amino-alcohol motifs (C(OH)–C–C–N with tert-alkyl or cyclic N) is 1. The van der Waals surface area contributed by atoms with Crippen LogP contribution < -0.4 is 14.8 Å². The van der Waals surface area contributed by atoms with Crippen LogP contribution in [-0.2, 0) is 0 Å². The molecule has 8 heteroatoms. The van der Waals surface area contributed by atoms with E-state index in [0.717, 1.165) is 0 Å². The van der Waals surface area contributed by atoms with Gasteiger partial charge in [-0.25, -0.2) is 0 Å². The highest BCUT2D eigenvalue weighted by Crippen LogP contribution is 2.23. The molecular formula is C17H21Cl2N3O3. The van der Waals surface area contributed by atoms with E-state index < -0.39 is 6.10 Å². The van der Waals surface area contributed by atoms with E-state index in [1.807, 2.05) is 26.0 Å².